The van der Waals surface area contributed by atoms with Crippen molar-refractivity contribution >= 4 is 27.1 Å². The molecule has 16 heavy (non-hydrogen) atoms. The predicted octanol–water partition coefficient (Wildman–Crippen LogP) is -0.549. The molecule has 1 rings (SSSR count). The second kappa shape index (κ2) is 4.30. The summed E-state index contributed by atoms with van der Waals surface area (Å²) in [6.45, 7) is 0. The van der Waals surface area contributed by atoms with Crippen molar-refractivity contribution in [2.75, 3.05) is 0 Å². The topological polar surface area (TPSA) is 132 Å². The average molecular weight is 313 g/mol. The molecule has 0 aliphatic carbocycles. The summed E-state index contributed by atoms with van der Waals surface area (Å²) in [7, 11) is -4.42. The van der Waals surface area contributed by atoms with E-state index in [2.05, 4.69) is 0 Å². The van der Waals surface area contributed by atoms with Crippen molar-refractivity contribution < 1.29 is 33.1 Å². The summed E-state index contributed by atoms with van der Waals surface area (Å²) in [5, 5.41) is 27.1. The molecule has 0 bridgehead atoms. The molecular weight excluding hydrogens is 307 g/mol. The molecule has 7 nitrogen and oxygen atoms in total. The van der Waals surface area contributed by atoms with E-state index in [0.29, 0.717) is 0 Å². The van der Waals surface area contributed by atoms with E-state index in [4.69, 9.17) is 19.9 Å². The number of carbonyl (C=O) groups excluding carboxylic acids is 1. The van der Waals surface area contributed by atoms with Crippen LogP contribution in [0.3, 0.4) is 0 Å². The molecule has 0 saturated carbocycles. The number of benzene rings is 1. The van der Waals surface area contributed by atoms with Gasteiger partial charge >= 0.3 is 95.1 Å². The molecule has 88 valence electrons. The van der Waals surface area contributed by atoms with E-state index in [1.165, 1.54) is 0 Å². The van der Waals surface area contributed by atoms with Crippen molar-refractivity contribution in [2.24, 2.45) is 0 Å². The number of phenols is 3. The molecule has 0 fully saturated rings. The first-order valence-electron chi connectivity index (χ1n) is 3.67. The van der Waals surface area contributed by atoms with Crippen LogP contribution in [0, 0.1) is 0 Å². The number of carbonyl (C=O) groups is 1. The van der Waals surface area contributed by atoms with E-state index < -0.39 is 44.3 Å². The van der Waals surface area contributed by atoms with E-state index in [-0.39, 0.29) is 5.56 Å². The summed E-state index contributed by atoms with van der Waals surface area (Å²) in [4.78, 5) is 11.3. The summed E-state index contributed by atoms with van der Waals surface area (Å²) in [6.07, 6.45) is 0. The van der Waals surface area contributed by atoms with Crippen LogP contribution in [0.15, 0.2) is 12.1 Å². The van der Waals surface area contributed by atoms with Gasteiger partial charge in [-0.3, -0.25) is 0 Å². The molecule has 0 aliphatic heterocycles. The van der Waals surface area contributed by atoms with Crippen LogP contribution >= 0.6 is 0 Å². The summed E-state index contributed by atoms with van der Waals surface area (Å²) < 4.78 is 28.4. The van der Waals surface area contributed by atoms with Gasteiger partial charge in [0.05, 0.1) is 0 Å². The van der Waals surface area contributed by atoms with Gasteiger partial charge < -0.3 is 0 Å². The van der Waals surface area contributed by atoms with Crippen molar-refractivity contribution in [1.82, 2.24) is 0 Å². The number of hydrogen-bond donors (Lipinski definition) is 4. The first-order valence-corrected chi connectivity index (χ1v) is 7.99. The van der Waals surface area contributed by atoms with E-state index in [0.717, 1.165) is 12.1 Å². The maximum absolute atomic E-state index is 11.3. The fourth-order valence-corrected chi connectivity index (χ4v) is 3.21. The van der Waals surface area contributed by atoms with Crippen LogP contribution in [0.4, 0.5) is 0 Å². The normalized spacial score (nSPS) is 11.3. The Morgan fingerprint density at radius 2 is 1.56 bits per heavy atom. The summed E-state index contributed by atoms with van der Waals surface area (Å²) >= 11 is -1.76. The van der Waals surface area contributed by atoms with E-state index in [1.54, 1.807) is 0 Å². The Morgan fingerprint density at radius 3 is 1.94 bits per heavy atom. The molecule has 0 heterocycles. The van der Waals surface area contributed by atoms with Crippen molar-refractivity contribution in [1.29, 1.82) is 0 Å². The number of hydrogen-bond acceptors (Lipinski definition) is 6. The Balaban J connectivity index is 3.11. The Kier molecular flexibility index (Phi) is 3.44. The molecule has 1 aromatic carbocycles. The molecule has 0 saturated heterocycles. The minimum absolute atomic E-state index is 0.314. The zero-order valence-corrected chi connectivity index (χ0v) is 10.0. The molecule has 0 amide bonds. The average Bonchev–Trinajstić information content (AvgIpc) is 2.10. The third-order valence-corrected chi connectivity index (χ3v) is 4.62. The van der Waals surface area contributed by atoms with Crippen LogP contribution in [-0.2, 0) is 8.54 Å². The Hall–Kier alpha value is -1.28. The Labute approximate surface area is 95.3 Å². The standard InChI is InChI=1S/C7H6O7SSe/c8-4-1-3(2-5(9)6(4)10)7(11)16-15(12,13)14/h1-2,8-10H,(H,12,13,14). The Morgan fingerprint density at radius 1 is 1.12 bits per heavy atom. The van der Waals surface area contributed by atoms with Crippen molar-refractivity contribution in [2.45, 2.75) is 0 Å². The summed E-state index contributed by atoms with van der Waals surface area (Å²) in [5.74, 6) is -2.32. The first kappa shape index (κ1) is 12.8. The van der Waals surface area contributed by atoms with Crippen molar-refractivity contribution in [3.63, 3.8) is 0 Å². The van der Waals surface area contributed by atoms with E-state index >= 15 is 0 Å². The number of rotatable bonds is 3. The van der Waals surface area contributed by atoms with Crippen LogP contribution < -0.4 is 0 Å². The van der Waals surface area contributed by atoms with Crippen LogP contribution in [0.5, 0.6) is 17.2 Å². The van der Waals surface area contributed by atoms with E-state index in [9.17, 15) is 13.2 Å². The van der Waals surface area contributed by atoms with Gasteiger partial charge in [-0.1, -0.05) is 0 Å². The second-order valence-corrected chi connectivity index (χ2v) is 8.16. The van der Waals surface area contributed by atoms with Crippen LogP contribution in [0.2, 0.25) is 0 Å². The molecule has 0 atom stereocenters. The molecule has 4 N–H and O–H groups in total. The van der Waals surface area contributed by atoms with Crippen LogP contribution in [0.1, 0.15) is 10.4 Å². The molecule has 0 aromatic heterocycles. The zero-order chi connectivity index (χ0) is 12.5. The molecule has 9 heteroatoms. The molecule has 0 unspecified atom stereocenters. The van der Waals surface area contributed by atoms with Gasteiger partial charge in [0, 0.05) is 0 Å². The molecule has 0 radical (unpaired) electrons. The van der Waals surface area contributed by atoms with E-state index in [1.807, 2.05) is 0 Å². The number of aromatic hydroxyl groups is 3. The van der Waals surface area contributed by atoms with Crippen LogP contribution in [0.25, 0.3) is 0 Å². The molecule has 0 spiro atoms. The van der Waals surface area contributed by atoms with Gasteiger partial charge in [-0.05, 0) is 0 Å². The van der Waals surface area contributed by atoms with Gasteiger partial charge in [0.1, 0.15) is 0 Å². The first-order chi connectivity index (χ1) is 7.20. The quantitative estimate of drug-likeness (QED) is 0.334. The van der Waals surface area contributed by atoms with Gasteiger partial charge in [0.2, 0.25) is 0 Å². The van der Waals surface area contributed by atoms with Crippen molar-refractivity contribution in [3.05, 3.63) is 17.7 Å². The molecular formula is C7H6O7SSe. The summed E-state index contributed by atoms with van der Waals surface area (Å²) in [5.41, 5.74) is -0.314. The third kappa shape index (κ3) is 3.11. The molecule has 1 aromatic rings. The maximum atomic E-state index is 11.3. The van der Waals surface area contributed by atoms with Crippen molar-refractivity contribution in [3.8, 4) is 17.2 Å². The van der Waals surface area contributed by atoms with Gasteiger partial charge in [-0.2, -0.15) is 0 Å². The fraction of sp³-hybridized carbons (Fsp3) is 0. The van der Waals surface area contributed by atoms with Gasteiger partial charge in [-0.25, -0.2) is 0 Å². The fourth-order valence-electron chi connectivity index (χ4n) is 0.866. The zero-order valence-electron chi connectivity index (χ0n) is 7.48. The summed E-state index contributed by atoms with van der Waals surface area (Å²) in [6, 6.07) is 1.59. The number of phenolic OH excluding ortho intramolecular Hbond substituents is 3. The van der Waals surface area contributed by atoms with Crippen LogP contribution in [-0.4, -0.2) is 46.8 Å². The monoisotopic (exact) mass is 314 g/mol. The minimum atomic E-state index is -4.42. The Bertz CT molecular complexity index is 513. The van der Waals surface area contributed by atoms with Gasteiger partial charge in [0.15, 0.2) is 0 Å². The predicted molar refractivity (Wildman–Crippen MR) is 53.1 cm³/mol. The second-order valence-electron chi connectivity index (χ2n) is 2.66. The van der Waals surface area contributed by atoms with Gasteiger partial charge in [-0.15, -0.1) is 0 Å². The third-order valence-electron chi connectivity index (χ3n) is 1.49. The SMILES string of the molecule is O=C([Se]S(=O)(=O)O)c1cc(O)c(O)c(O)c1. The van der Waals surface area contributed by atoms with Gasteiger partial charge in [0.25, 0.3) is 0 Å². The molecule has 0 aliphatic rings.